The molecule has 0 saturated heterocycles. The van der Waals surface area contributed by atoms with E-state index in [0.29, 0.717) is 29.4 Å². The van der Waals surface area contributed by atoms with Crippen LogP contribution in [0.1, 0.15) is 11.4 Å². The van der Waals surface area contributed by atoms with E-state index in [4.69, 9.17) is 0 Å². The maximum Gasteiger partial charge on any atom is 0.573 e. The Morgan fingerprint density at radius 2 is 1.86 bits per heavy atom. The molecule has 0 spiro atoms. The predicted molar refractivity (Wildman–Crippen MR) is 102 cm³/mol. The standard InChI is InChI=1S/C18H16F3N5O2S/c1-24(9-11-3-5-12(6-4-11)28-18(19,20)21)10-14-22-23-17-25(2)16(27)15-13(26(14)17)7-8-29-15/h3-8H,9-10H2,1-2H3. The molecule has 0 aliphatic rings. The van der Waals surface area contributed by atoms with Crippen LogP contribution in [0.4, 0.5) is 13.2 Å². The highest BCUT2D eigenvalue weighted by atomic mass is 32.1. The minimum Gasteiger partial charge on any atom is -0.406 e. The second kappa shape index (κ2) is 7.16. The van der Waals surface area contributed by atoms with E-state index in [2.05, 4.69) is 14.9 Å². The van der Waals surface area contributed by atoms with Crippen molar-refractivity contribution in [2.75, 3.05) is 7.05 Å². The number of aromatic nitrogens is 4. The molecule has 29 heavy (non-hydrogen) atoms. The molecule has 0 aliphatic carbocycles. The lowest BCUT2D eigenvalue weighted by atomic mass is 10.2. The number of benzene rings is 1. The topological polar surface area (TPSA) is 64.7 Å². The molecule has 4 rings (SSSR count). The van der Waals surface area contributed by atoms with Crippen molar-refractivity contribution in [2.45, 2.75) is 19.5 Å². The maximum atomic E-state index is 12.4. The largest absolute Gasteiger partial charge is 0.573 e. The van der Waals surface area contributed by atoms with Gasteiger partial charge < -0.3 is 4.74 Å². The van der Waals surface area contributed by atoms with Gasteiger partial charge in [0.25, 0.3) is 5.56 Å². The van der Waals surface area contributed by atoms with Crippen LogP contribution >= 0.6 is 11.3 Å². The zero-order valence-electron chi connectivity index (χ0n) is 15.5. The molecule has 0 radical (unpaired) electrons. The number of alkyl halides is 3. The minimum absolute atomic E-state index is 0.115. The molecule has 152 valence electrons. The van der Waals surface area contributed by atoms with Crippen molar-refractivity contribution < 1.29 is 17.9 Å². The fourth-order valence-corrected chi connectivity index (χ4v) is 4.01. The monoisotopic (exact) mass is 423 g/mol. The summed E-state index contributed by atoms with van der Waals surface area (Å²) in [6.45, 7) is 0.922. The molecule has 0 atom stereocenters. The van der Waals surface area contributed by atoms with Gasteiger partial charge in [0.15, 0.2) is 5.82 Å². The molecule has 0 bridgehead atoms. The zero-order valence-corrected chi connectivity index (χ0v) is 16.3. The number of fused-ring (bicyclic) bond motifs is 3. The number of nitrogens with zero attached hydrogens (tertiary/aromatic N) is 5. The Kier molecular flexibility index (Phi) is 4.79. The van der Waals surface area contributed by atoms with Gasteiger partial charge in [-0.1, -0.05) is 12.1 Å². The normalized spacial score (nSPS) is 12.3. The molecular weight excluding hydrogens is 407 g/mol. The highest BCUT2D eigenvalue weighted by Crippen LogP contribution is 2.23. The molecule has 11 heteroatoms. The van der Waals surface area contributed by atoms with Crippen molar-refractivity contribution >= 4 is 27.3 Å². The smallest absolute Gasteiger partial charge is 0.406 e. The Balaban J connectivity index is 1.55. The van der Waals surface area contributed by atoms with Crippen LogP contribution < -0.4 is 10.3 Å². The van der Waals surface area contributed by atoms with Gasteiger partial charge in [0.2, 0.25) is 5.78 Å². The summed E-state index contributed by atoms with van der Waals surface area (Å²) < 4.78 is 44.6. The fraction of sp³-hybridized carbons (Fsp3) is 0.278. The number of ether oxygens (including phenoxy) is 1. The first kappa shape index (κ1) is 19.4. The number of hydrogen-bond acceptors (Lipinski definition) is 6. The number of thiophene rings is 1. The first-order chi connectivity index (χ1) is 13.7. The maximum absolute atomic E-state index is 12.4. The molecule has 0 unspecified atom stereocenters. The Morgan fingerprint density at radius 1 is 1.14 bits per heavy atom. The van der Waals surface area contributed by atoms with E-state index < -0.39 is 6.36 Å². The minimum atomic E-state index is -4.71. The van der Waals surface area contributed by atoms with Gasteiger partial charge in [-0.05, 0) is 36.2 Å². The van der Waals surface area contributed by atoms with Gasteiger partial charge in [-0.3, -0.25) is 18.7 Å². The molecule has 0 saturated carbocycles. The second-order valence-electron chi connectivity index (χ2n) is 6.61. The van der Waals surface area contributed by atoms with E-state index in [9.17, 15) is 18.0 Å². The molecule has 1 aromatic carbocycles. The molecule has 0 fully saturated rings. The Bertz CT molecular complexity index is 1230. The number of halogens is 3. The summed E-state index contributed by atoms with van der Waals surface area (Å²) in [6, 6.07) is 7.60. The lowest BCUT2D eigenvalue weighted by Gasteiger charge is -2.16. The van der Waals surface area contributed by atoms with Crippen LogP contribution in [0, 0.1) is 0 Å². The van der Waals surface area contributed by atoms with Gasteiger partial charge in [-0.15, -0.1) is 34.7 Å². The van der Waals surface area contributed by atoms with Gasteiger partial charge in [-0.25, -0.2) is 0 Å². The van der Waals surface area contributed by atoms with Gasteiger partial charge >= 0.3 is 6.36 Å². The van der Waals surface area contributed by atoms with Crippen LogP contribution in [-0.4, -0.2) is 37.5 Å². The van der Waals surface area contributed by atoms with Gasteiger partial charge in [0.05, 0.1) is 12.1 Å². The van der Waals surface area contributed by atoms with Gasteiger partial charge in [0.1, 0.15) is 10.4 Å². The van der Waals surface area contributed by atoms with Crippen molar-refractivity contribution in [1.29, 1.82) is 0 Å². The fourth-order valence-electron chi connectivity index (χ4n) is 3.16. The number of aryl methyl sites for hydroxylation is 1. The van der Waals surface area contributed by atoms with Crippen molar-refractivity contribution in [1.82, 2.24) is 24.1 Å². The van der Waals surface area contributed by atoms with Crippen LogP contribution in [0.3, 0.4) is 0 Å². The van der Waals surface area contributed by atoms with E-state index in [1.165, 1.54) is 28.0 Å². The summed E-state index contributed by atoms with van der Waals surface area (Å²) in [7, 11) is 3.53. The summed E-state index contributed by atoms with van der Waals surface area (Å²) in [6.07, 6.45) is -4.71. The summed E-state index contributed by atoms with van der Waals surface area (Å²) >= 11 is 1.37. The average Bonchev–Trinajstić information content (AvgIpc) is 3.27. The van der Waals surface area contributed by atoms with Gasteiger partial charge in [-0.2, -0.15) is 0 Å². The molecular formula is C18H16F3N5O2S. The SMILES string of the molecule is CN(Cc1ccc(OC(F)(F)F)cc1)Cc1nnc2n(C)c(=O)c3sccc3n12. The van der Waals surface area contributed by atoms with Crippen LogP contribution in [-0.2, 0) is 20.1 Å². The quantitative estimate of drug-likeness (QED) is 0.493. The van der Waals surface area contributed by atoms with E-state index in [-0.39, 0.29) is 11.3 Å². The highest BCUT2D eigenvalue weighted by Gasteiger charge is 2.31. The number of rotatable bonds is 5. The molecule has 4 aromatic rings. The third-order valence-electron chi connectivity index (χ3n) is 4.42. The zero-order chi connectivity index (χ0) is 20.8. The van der Waals surface area contributed by atoms with E-state index in [0.717, 1.165) is 11.1 Å². The molecule has 3 aromatic heterocycles. The van der Waals surface area contributed by atoms with Crippen molar-refractivity contribution in [2.24, 2.45) is 7.05 Å². The Morgan fingerprint density at radius 3 is 2.55 bits per heavy atom. The van der Waals surface area contributed by atoms with Crippen molar-refractivity contribution in [3.05, 3.63) is 57.5 Å². The lowest BCUT2D eigenvalue weighted by molar-refractivity contribution is -0.274. The van der Waals surface area contributed by atoms with E-state index in [1.54, 1.807) is 19.2 Å². The van der Waals surface area contributed by atoms with Gasteiger partial charge in [0, 0.05) is 13.6 Å². The van der Waals surface area contributed by atoms with E-state index in [1.807, 2.05) is 27.8 Å². The third kappa shape index (κ3) is 3.83. The Hall–Kier alpha value is -2.92. The second-order valence-corrected chi connectivity index (χ2v) is 7.53. The molecule has 0 aliphatic heterocycles. The average molecular weight is 423 g/mol. The predicted octanol–water partition coefficient (Wildman–Crippen LogP) is 3.17. The summed E-state index contributed by atoms with van der Waals surface area (Å²) in [5, 5.41) is 10.2. The molecule has 3 heterocycles. The van der Waals surface area contributed by atoms with Crippen molar-refractivity contribution in [3.8, 4) is 5.75 Å². The molecule has 0 amide bonds. The molecule has 7 nitrogen and oxygen atoms in total. The lowest BCUT2D eigenvalue weighted by Crippen LogP contribution is -2.22. The molecule has 0 N–H and O–H groups in total. The first-order valence-corrected chi connectivity index (χ1v) is 9.44. The highest BCUT2D eigenvalue weighted by molar-refractivity contribution is 7.17. The van der Waals surface area contributed by atoms with Crippen molar-refractivity contribution in [3.63, 3.8) is 0 Å². The van der Waals surface area contributed by atoms with Crippen LogP contribution in [0.2, 0.25) is 0 Å². The van der Waals surface area contributed by atoms with Crippen LogP contribution in [0.15, 0.2) is 40.5 Å². The Labute approximate surface area is 166 Å². The summed E-state index contributed by atoms with van der Waals surface area (Å²) in [5.74, 6) is 0.865. The first-order valence-electron chi connectivity index (χ1n) is 8.56. The number of hydrogen-bond donors (Lipinski definition) is 0. The summed E-state index contributed by atoms with van der Waals surface area (Å²) in [5.41, 5.74) is 1.47. The van der Waals surface area contributed by atoms with Crippen LogP contribution in [0.5, 0.6) is 5.75 Å². The van der Waals surface area contributed by atoms with Crippen LogP contribution in [0.25, 0.3) is 16.0 Å². The third-order valence-corrected chi connectivity index (χ3v) is 5.31. The summed E-state index contributed by atoms with van der Waals surface area (Å²) in [4.78, 5) is 14.3. The van der Waals surface area contributed by atoms with E-state index >= 15 is 0 Å².